The second kappa shape index (κ2) is 5.56. The maximum Gasteiger partial charge on any atom is 0.345 e. The van der Waals surface area contributed by atoms with E-state index in [1.807, 2.05) is 6.07 Å². The highest BCUT2D eigenvalue weighted by Crippen LogP contribution is 2.25. The van der Waals surface area contributed by atoms with E-state index in [0.717, 1.165) is 28.1 Å². The van der Waals surface area contributed by atoms with Crippen LogP contribution in [-0.2, 0) is 6.42 Å². The number of halogens is 1. The molecule has 0 aliphatic heterocycles. The maximum atomic E-state index is 10.5. The van der Waals surface area contributed by atoms with Crippen LogP contribution in [0.25, 0.3) is 0 Å². The Balaban J connectivity index is 1.83. The van der Waals surface area contributed by atoms with Crippen molar-refractivity contribution in [1.82, 2.24) is 4.98 Å². The number of hydrogen-bond donors (Lipinski definition) is 1. The minimum atomic E-state index is -0.431. The minimum Gasteiger partial charge on any atom is -0.361 e. The third-order valence-electron chi connectivity index (χ3n) is 1.95. The quantitative estimate of drug-likeness (QED) is 0.671. The van der Waals surface area contributed by atoms with Gasteiger partial charge in [-0.2, -0.15) is 0 Å². The fourth-order valence-corrected chi connectivity index (χ4v) is 3.35. The molecule has 17 heavy (non-hydrogen) atoms. The predicted octanol–water partition coefficient (Wildman–Crippen LogP) is 3.53. The Labute approximate surface area is 114 Å². The number of nitrogens with zero attached hydrogens (tertiary/aromatic N) is 2. The highest BCUT2D eigenvalue weighted by Gasteiger charge is 2.10. The van der Waals surface area contributed by atoms with E-state index in [-0.39, 0.29) is 5.00 Å². The molecule has 0 aliphatic rings. The fourth-order valence-electron chi connectivity index (χ4n) is 1.21. The van der Waals surface area contributed by atoms with Crippen LogP contribution in [0.4, 0.5) is 10.1 Å². The van der Waals surface area contributed by atoms with Crippen LogP contribution in [0, 0.1) is 10.1 Å². The number of thiazole rings is 1. The van der Waals surface area contributed by atoms with Gasteiger partial charge < -0.3 is 5.32 Å². The van der Waals surface area contributed by atoms with Crippen molar-refractivity contribution in [3.8, 4) is 0 Å². The third-order valence-corrected chi connectivity index (χ3v) is 4.54. The molecule has 1 N–H and O–H groups in total. The van der Waals surface area contributed by atoms with E-state index < -0.39 is 4.92 Å². The molecule has 0 aliphatic carbocycles. The van der Waals surface area contributed by atoms with Crippen LogP contribution in [0.3, 0.4) is 0 Å². The standard InChI is InChI=1S/C9H8BrN3O2S2/c10-7-2-1-6(16-7)3-4-11-9-12-5-8(17-9)13(14)15/h1-2,5H,3-4H2,(H,11,12). The molecule has 2 aromatic rings. The first-order valence-corrected chi connectivity index (χ1v) is 7.16. The van der Waals surface area contributed by atoms with Gasteiger partial charge in [-0.1, -0.05) is 0 Å². The van der Waals surface area contributed by atoms with Gasteiger partial charge in [-0.25, -0.2) is 4.98 Å². The number of hydrogen-bond acceptors (Lipinski definition) is 6. The van der Waals surface area contributed by atoms with E-state index >= 15 is 0 Å². The van der Waals surface area contributed by atoms with Crippen LogP contribution >= 0.6 is 38.6 Å². The van der Waals surface area contributed by atoms with Crippen molar-refractivity contribution in [2.24, 2.45) is 0 Å². The average Bonchev–Trinajstić information content (AvgIpc) is 2.88. The molecule has 2 aromatic heterocycles. The van der Waals surface area contributed by atoms with Crippen LogP contribution in [0.15, 0.2) is 22.1 Å². The van der Waals surface area contributed by atoms with Gasteiger partial charge >= 0.3 is 5.00 Å². The first-order valence-electron chi connectivity index (χ1n) is 4.73. The maximum absolute atomic E-state index is 10.5. The van der Waals surface area contributed by atoms with Crippen molar-refractivity contribution in [2.75, 3.05) is 11.9 Å². The van der Waals surface area contributed by atoms with Gasteiger partial charge in [0.05, 0.1) is 8.71 Å². The summed E-state index contributed by atoms with van der Waals surface area (Å²) in [6.45, 7) is 0.720. The second-order valence-corrected chi connectivity index (χ2v) is 6.70. The smallest absolute Gasteiger partial charge is 0.345 e. The molecule has 0 saturated heterocycles. The SMILES string of the molecule is O=[N+]([O-])c1cnc(NCCc2ccc(Br)s2)s1. The van der Waals surface area contributed by atoms with E-state index in [0.29, 0.717) is 5.13 Å². The molecule has 8 heteroatoms. The van der Waals surface area contributed by atoms with Crippen molar-refractivity contribution < 1.29 is 4.92 Å². The van der Waals surface area contributed by atoms with Crippen molar-refractivity contribution in [3.63, 3.8) is 0 Å². The molecular weight excluding hydrogens is 326 g/mol. The lowest BCUT2D eigenvalue weighted by Crippen LogP contribution is -2.02. The first kappa shape index (κ1) is 12.5. The molecule has 0 atom stereocenters. The summed E-state index contributed by atoms with van der Waals surface area (Å²) in [5, 5.41) is 14.2. The Hall–Kier alpha value is -0.990. The van der Waals surface area contributed by atoms with Gasteiger partial charge in [0.15, 0.2) is 5.13 Å². The van der Waals surface area contributed by atoms with E-state index in [2.05, 4.69) is 32.3 Å². The summed E-state index contributed by atoms with van der Waals surface area (Å²) < 4.78 is 1.11. The molecule has 0 unspecified atom stereocenters. The van der Waals surface area contributed by atoms with Gasteiger partial charge in [0.1, 0.15) is 6.20 Å². The Morgan fingerprint density at radius 3 is 2.88 bits per heavy atom. The second-order valence-electron chi connectivity index (χ2n) is 3.14. The summed E-state index contributed by atoms with van der Waals surface area (Å²) in [5.74, 6) is 0. The molecule has 90 valence electrons. The Bertz CT molecular complexity index is 526. The van der Waals surface area contributed by atoms with Gasteiger partial charge in [-0.05, 0) is 45.8 Å². The lowest BCUT2D eigenvalue weighted by molar-refractivity contribution is -0.380. The molecule has 0 amide bonds. The van der Waals surface area contributed by atoms with Gasteiger partial charge in [-0.15, -0.1) is 11.3 Å². The van der Waals surface area contributed by atoms with Crippen molar-refractivity contribution >= 4 is 48.7 Å². The van der Waals surface area contributed by atoms with E-state index in [1.165, 1.54) is 11.1 Å². The monoisotopic (exact) mass is 333 g/mol. The molecule has 2 heterocycles. The van der Waals surface area contributed by atoms with Crippen LogP contribution in [-0.4, -0.2) is 16.5 Å². The Morgan fingerprint density at radius 1 is 1.47 bits per heavy atom. The van der Waals surface area contributed by atoms with Gasteiger partial charge in [0, 0.05) is 11.4 Å². The molecule has 0 saturated carbocycles. The number of rotatable bonds is 5. The van der Waals surface area contributed by atoms with E-state index in [1.54, 1.807) is 11.3 Å². The zero-order valence-corrected chi connectivity index (χ0v) is 11.8. The summed E-state index contributed by atoms with van der Waals surface area (Å²) in [6, 6.07) is 4.06. The normalized spacial score (nSPS) is 10.4. The van der Waals surface area contributed by atoms with Crippen LogP contribution in [0.1, 0.15) is 4.88 Å². The summed E-state index contributed by atoms with van der Waals surface area (Å²) in [5.41, 5.74) is 0. The first-order chi connectivity index (χ1) is 8.15. The number of thiophene rings is 1. The summed E-state index contributed by atoms with van der Waals surface area (Å²) in [4.78, 5) is 15.2. The minimum absolute atomic E-state index is 0.0615. The summed E-state index contributed by atoms with van der Waals surface area (Å²) in [6.07, 6.45) is 2.15. The number of anilines is 1. The zero-order valence-electron chi connectivity index (χ0n) is 8.55. The molecule has 0 spiro atoms. The zero-order chi connectivity index (χ0) is 12.3. The van der Waals surface area contributed by atoms with Crippen LogP contribution < -0.4 is 5.32 Å². The van der Waals surface area contributed by atoms with Crippen molar-refractivity contribution in [3.05, 3.63) is 37.1 Å². The number of aromatic nitrogens is 1. The van der Waals surface area contributed by atoms with E-state index in [9.17, 15) is 10.1 Å². The molecule has 5 nitrogen and oxygen atoms in total. The molecular formula is C9H8BrN3O2S2. The van der Waals surface area contributed by atoms with Crippen LogP contribution in [0.2, 0.25) is 0 Å². The third kappa shape index (κ3) is 3.48. The summed E-state index contributed by atoms with van der Waals surface area (Å²) in [7, 11) is 0. The van der Waals surface area contributed by atoms with Crippen molar-refractivity contribution in [1.29, 1.82) is 0 Å². The lowest BCUT2D eigenvalue weighted by Gasteiger charge is -1.99. The Kier molecular flexibility index (Phi) is 4.08. The molecule has 0 radical (unpaired) electrons. The van der Waals surface area contributed by atoms with Crippen LogP contribution in [0.5, 0.6) is 0 Å². The highest BCUT2D eigenvalue weighted by atomic mass is 79.9. The van der Waals surface area contributed by atoms with Crippen molar-refractivity contribution in [2.45, 2.75) is 6.42 Å². The topological polar surface area (TPSA) is 68.1 Å². The summed E-state index contributed by atoms with van der Waals surface area (Å²) >= 11 is 6.14. The highest BCUT2D eigenvalue weighted by molar-refractivity contribution is 9.11. The molecule has 0 fully saturated rings. The van der Waals surface area contributed by atoms with Gasteiger partial charge in [0.25, 0.3) is 0 Å². The molecule has 2 rings (SSSR count). The van der Waals surface area contributed by atoms with E-state index in [4.69, 9.17) is 0 Å². The lowest BCUT2D eigenvalue weighted by atomic mass is 10.3. The molecule has 0 bridgehead atoms. The Morgan fingerprint density at radius 2 is 2.29 bits per heavy atom. The predicted molar refractivity (Wildman–Crippen MR) is 73.0 cm³/mol. The largest absolute Gasteiger partial charge is 0.361 e. The molecule has 0 aromatic carbocycles. The fraction of sp³-hybridized carbons (Fsp3) is 0.222. The van der Waals surface area contributed by atoms with Gasteiger partial charge in [0.2, 0.25) is 0 Å². The number of nitrogens with one attached hydrogen (secondary N) is 1. The average molecular weight is 334 g/mol. The van der Waals surface area contributed by atoms with Gasteiger partial charge in [-0.3, -0.25) is 10.1 Å². The number of nitro groups is 1.